The van der Waals surface area contributed by atoms with Gasteiger partial charge in [0.2, 0.25) is 11.8 Å². The molecule has 0 saturated carbocycles. The van der Waals surface area contributed by atoms with Gasteiger partial charge in [0, 0.05) is 23.6 Å². The van der Waals surface area contributed by atoms with Crippen molar-refractivity contribution in [2.45, 2.75) is 19.8 Å². The highest BCUT2D eigenvalue weighted by molar-refractivity contribution is 6.31. The van der Waals surface area contributed by atoms with Gasteiger partial charge in [0.25, 0.3) is 0 Å². The molecule has 0 radical (unpaired) electrons. The molecule has 0 aliphatic rings. The number of amides is 2. The lowest BCUT2D eigenvalue weighted by atomic mass is 10.2. The highest BCUT2D eigenvalue weighted by atomic mass is 35.5. The summed E-state index contributed by atoms with van der Waals surface area (Å²) in [6.07, 6.45) is 1.37. The van der Waals surface area contributed by atoms with Crippen LogP contribution in [0.2, 0.25) is 5.02 Å². The number of benzene rings is 2. The zero-order chi connectivity index (χ0) is 19.8. The van der Waals surface area contributed by atoms with E-state index in [9.17, 15) is 14.7 Å². The largest absolute Gasteiger partial charge is 0.504 e. The second kappa shape index (κ2) is 9.59. The standard InChI is InChI=1S/C19H20ClN3O4/c1-12-14(20)4-3-5-15(12)22-18(25)8-9-19(26)23-21-11-13-6-7-17(27-2)16(24)10-13/h3-7,10-11,24H,8-9H2,1-2H3,(H,22,25)(H,23,26)/b21-11-. The van der Waals surface area contributed by atoms with Gasteiger partial charge in [0.1, 0.15) is 0 Å². The van der Waals surface area contributed by atoms with Gasteiger partial charge in [-0.3, -0.25) is 9.59 Å². The van der Waals surface area contributed by atoms with Crippen molar-refractivity contribution in [1.82, 2.24) is 5.43 Å². The summed E-state index contributed by atoms with van der Waals surface area (Å²) in [5, 5.41) is 16.8. The third-order valence-electron chi connectivity index (χ3n) is 3.73. The van der Waals surface area contributed by atoms with Gasteiger partial charge in [-0.25, -0.2) is 5.43 Å². The normalized spacial score (nSPS) is 10.6. The van der Waals surface area contributed by atoms with Gasteiger partial charge in [-0.2, -0.15) is 5.10 Å². The smallest absolute Gasteiger partial charge is 0.240 e. The highest BCUT2D eigenvalue weighted by Crippen LogP contribution is 2.25. The van der Waals surface area contributed by atoms with E-state index in [-0.39, 0.29) is 24.5 Å². The number of carbonyl (C=O) groups excluding carboxylic acids is 2. The van der Waals surface area contributed by atoms with Gasteiger partial charge in [-0.05, 0) is 48.4 Å². The molecule has 27 heavy (non-hydrogen) atoms. The topological polar surface area (TPSA) is 100 Å². The second-order valence-electron chi connectivity index (χ2n) is 5.69. The van der Waals surface area contributed by atoms with E-state index in [0.29, 0.717) is 22.0 Å². The Morgan fingerprint density at radius 3 is 2.67 bits per heavy atom. The second-order valence-corrected chi connectivity index (χ2v) is 6.09. The Kier molecular flexibility index (Phi) is 7.19. The van der Waals surface area contributed by atoms with E-state index in [2.05, 4.69) is 15.8 Å². The zero-order valence-electron chi connectivity index (χ0n) is 15.0. The molecule has 7 nitrogen and oxygen atoms in total. The van der Waals surface area contributed by atoms with Crippen LogP contribution in [0.5, 0.6) is 11.5 Å². The van der Waals surface area contributed by atoms with Crippen LogP contribution >= 0.6 is 11.6 Å². The number of hydrazone groups is 1. The molecule has 0 aliphatic carbocycles. The van der Waals surface area contributed by atoms with Crippen LogP contribution in [-0.2, 0) is 9.59 Å². The molecule has 0 fully saturated rings. The monoisotopic (exact) mass is 389 g/mol. The molecule has 3 N–H and O–H groups in total. The maximum atomic E-state index is 12.0. The molecule has 0 bridgehead atoms. The summed E-state index contributed by atoms with van der Waals surface area (Å²) >= 11 is 6.01. The van der Waals surface area contributed by atoms with Crippen molar-refractivity contribution in [1.29, 1.82) is 0 Å². The summed E-state index contributed by atoms with van der Waals surface area (Å²) in [6.45, 7) is 1.80. The van der Waals surface area contributed by atoms with E-state index in [4.69, 9.17) is 16.3 Å². The predicted molar refractivity (Wildman–Crippen MR) is 104 cm³/mol. The molecule has 2 amide bonds. The molecule has 142 valence electrons. The van der Waals surface area contributed by atoms with Crippen LogP contribution in [0.1, 0.15) is 24.0 Å². The number of phenolic OH excluding ortho intramolecular Hbond substituents is 1. The van der Waals surface area contributed by atoms with Crippen molar-refractivity contribution in [3.8, 4) is 11.5 Å². The predicted octanol–water partition coefficient (Wildman–Crippen LogP) is 3.23. The Morgan fingerprint density at radius 1 is 1.22 bits per heavy atom. The molecule has 0 aliphatic heterocycles. The first kappa shape index (κ1) is 20.3. The summed E-state index contributed by atoms with van der Waals surface area (Å²) in [7, 11) is 1.45. The van der Waals surface area contributed by atoms with Gasteiger partial charge in [-0.15, -0.1) is 0 Å². The van der Waals surface area contributed by atoms with Crippen molar-refractivity contribution >= 4 is 35.3 Å². The van der Waals surface area contributed by atoms with Gasteiger partial charge in [0.15, 0.2) is 11.5 Å². The minimum atomic E-state index is -0.401. The van der Waals surface area contributed by atoms with Crippen LogP contribution in [0.4, 0.5) is 5.69 Å². The van der Waals surface area contributed by atoms with Crippen LogP contribution < -0.4 is 15.5 Å². The first-order chi connectivity index (χ1) is 12.9. The molecule has 0 heterocycles. The third kappa shape index (κ3) is 6.00. The number of nitrogens with zero attached hydrogens (tertiary/aromatic N) is 1. The fourth-order valence-electron chi connectivity index (χ4n) is 2.20. The lowest BCUT2D eigenvalue weighted by Gasteiger charge is -2.09. The number of nitrogens with one attached hydrogen (secondary N) is 2. The molecular formula is C19H20ClN3O4. The van der Waals surface area contributed by atoms with Gasteiger partial charge in [0.05, 0.1) is 13.3 Å². The molecule has 0 unspecified atom stereocenters. The third-order valence-corrected chi connectivity index (χ3v) is 4.14. The number of ether oxygens (including phenoxy) is 1. The van der Waals surface area contributed by atoms with Crippen LogP contribution in [0.15, 0.2) is 41.5 Å². The Balaban J connectivity index is 1.79. The van der Waals surface area contributed by atoms with E-state index in [0.717, 1.165) is 5.56 Å². The number of hydrogen-bond acceptors (Lipinski definition) is 5. The summed E-state index contributed by atoms with van der Waals surface area (Å²) in [5.41, 5.74) is 4.31. The molecule has 2 rings (SSSR count). The van der Waals surface area contributed by atoms with Crippen molar-refractivity contribution in [3.05, 3.63) is 52.5 Å². The number of phenols is 1. The van der Waals surface area contributed by atoms with E-state index in [1.165, 1.54) is 19.4 Å². The number of methoxy groups -OCH3 is 1. The first-order valence-electron chi connectivity index (χ1n) is 8.14. The molecular weight excluding hydrogens is 370 g/mol. The average molecular weight is 390 g/mol. The SMILES string of the molecule is COc1ccc(/C=N\NC(=O)CCC(=O)Nc2cccc(Cl)c2C)cc1O. The lowest BCUT2D eigenvalue weighted by Crippen LogP contribution is -2.20. The highest BCUT2D eigenvalue weighted by Gasteiger charge is 2.09. The van der Waals surface area contributed by atoms with Crippen molar-refractivity contribution in [2.75, 3.05) is 12.4 Å². The molecule has 8 heteroatoms. The summed E-state index contributed by atoms with van der Waals surface area (Å²) in [6, 6.07) is 9.93. The van der Waals surface area contributed by atoms with Gasteiger partial charge >= 0.3 is 0 Å². The fourth-order valence-corrected chi connectivity index (χ4v) is 2.38. The van der Waals surface area contributed by atoms with Crippen molar-refractivity contribution in [2.24, 2.45) is 5.10 Å². The average Bonchev–Trinajstić information content (AvgIpc) is 2.64. The molecule has 2 aromatic carbocycles. The Morgan fingerprint density at radius 2 is 1.96 bits per heavy atom. The maximum Gasteiger partial charge on any atom is 0.240 e. The summed E-state index contributed by atoms with van der Waals surface area (Å²) in [4.78, 5) is 23.7. The van der Waals surface area contributed by atoms with Gasteiger partial charge in [-0.1, -0.05) is 17.7 Å². The maximum absolute atomic E-state index is 12.0. The van der Waals surface area contributed by atoms with E-state index in [1.807, 2.05) is 0 Å². The summed E-state index contributed by atoms with van der Waals surface area (Å²) in [5.74, 6) is -0.376. The molecule has 0 atom stereocenters. The Hall–Kier alpha value is -3.06. The number of anilines is 1. The minimum Gasteiger partial charge on any atom is -0.504 e. The van der Waals surface area contributed by atoms with Gasteiger partial charge < -0.3 is 15.2 Å². The number of hydrogen-bond donors (Lipinski definition) is 3. The molecule has 2 aromatic rings. The fraction of sp³-hybridized carbons (Fsp3) is 0.211. The number of aromatic hydroxyl groups is 1. The van der Waals surface area contributed by atoms with Crippen LogP contribution in [0, 0.1) is 6.92 Å². The van der Waals surface area contributed by atoms with Crippen LogP contribution in [0.3, 0.4) is 0 Å². The molecule has 0 saturated heterocycles. The zero-order valence-corrected chi connectivity index (χ0v) is 15.7. The molecule has 0 aromatic heterocycles. The minimum absolute atomic E-state index is 0.0105. The number of halogens is 1. The number of rotatable bonds is 7. The molecule has 0 spiro atoms. The van der Waals surface area contributed by atoms with Crippen molar-refractivity contribution in [3.63, 3.8) is 0 Å². The Bertz CT molecular complexity index is 868. The quantitative estimate of drug-likeness (QED) is 0.500. The number of carbonyl (C=O) groups is 2. The van der Waals surface area contributed by atoms with E-state index in [1.54, 1.807) is 37.3 Å². The van der Waals surface area contributed by atoms with E-state index < -0.39 is 5.91 Å². The first-order valence-corrected chi connectivity index (χ1v) is 8.52. The van der Waals surface area contributed by atoms with Crippen molar-refractivity contribution < 1.29 is 19.4 Å². The Labute approximate surface area is 162 Å². The van der Waals surface area contributed by atoms with E-state index >= 15 is 0 Å². The lowest BCUT2D eigenvalue weighted by molar-refractivity contribution is -0.124. The van der Waals surface area contributed by atoms with Crippen LogP contribution in [0.25, 0.3) is 0 Å². The summed E-state index contributed by atoms with van der Waals surface area (Å²) < 4.78 is 4.94. The van der Waals surface area contributed by atoms with Crippen LogP contribution in [-0.4, -0.2) is 30.2 Å².